The Balaban J connectivity index is 1.88. The molecule has 1 aromatic carbocycles. The molecule has 0 spiro atoms. The maximum absolute atomic E-state index is 11.0. The Labute approximate surface area is 106 Å². The Morgan fingerprint density at radius 2 is 2.22 bits per heavy atom. The lowest BCUT2D eigenvalue weighted by molar-refractivity contribution is 0.132. The highest BCUT2D eigenvalue weighted by molar-refractivity contribution is 5.65. The molecule has 5 heteroatoms. The van der Waals surface area contributed by atoms with Crippen molar-refractivity contribution in [2.24, 2.45) is 0 Å². The van der Waals surface area contributed by atoms with Crippen molar-refractivity contribution in [3.05, 3.63) is 29.8 Å². The number of carbonyl (C=O) groups is 1. The number of amides is 1. The summed E-state index contributed by atoms with van der Waals surface area (Å²) in [6.45, 7) is 1.29. The largest absolute Gasteiger partial charge is 0.497 e. The molecule has 5 nitrogen and oxygen atoms in total. The first-order valence-corrected chi connectivity index (χ1v) is 6.06. The Kier molecular flexibility index (Phi) is 4.04. The van der Waals surface area contributed by atoms with Crippen molar-refractivity contribution in [2.75, 3.05) is 13.7 Å². The maximum atomic E-state index is 11.0. The van der Waals surface area contributed by atoms with E-state index in [1.54, 1.807) is 7.11 Å². The molecule has 1 aromatic rings. The number of carboxylic acid groups (broad SMARTS) is 1. The monoisotopic (exact) mass is 250 g/mol. The van der Waals surface area contributed by atoms with E-state index in [1.165, 1.54) is 4.90 Å². The summed E-state index contributed by atoms with van der Waals surface area (Å²) >= 11 is 0. The third-order valence-corrected chi connectivity index (χ3v) is 3.20. The Bertz CT molecular complexity index is 405. The van der Waals surface area contributed by atoms with Gasteiger partial charge in [-0.05, 0) is 30.5 Å². The Morgan fingerprint density at radius 3 is 2.83 bits per heavy atom. The molecule has 1 unspecified atom stereocenters. The molecule has 0 bridgehead atoms. The number of hydrogen-bond acceptors (Lipinski definition) is 3. The van der Waals surface area contributed by atoms with Gasteiger partial charge in [0.1, 0.15) is 5.75 Å². The lowest BCUT2D eigenvalue weighted by Crippen LogP contribution is -2.43. The van der Waals surface area contributed by atoms with Gasteiger partial charge >= 0.3 is 6.09 Å². The van der Waals surface area contributed by atoms with Gasteiger partial charge in [-0.3, -0.25) is 10.2 Å². The number of methoxy groups -OCH3 is 1. The van der Waals surface area contributed by atoms with Crippen molar-refractivity contribution in [1.29, 1.82) is 0 Å². The van der Waals surface area contributed by atoms with Gasteiger partial charge in [-0.25, -0.2) is 4.79 Å². The lowest BCUT2D eigenvalue weighted by atomic mass is 10.2. The van der Waals surface area contributed by atoms with E-state index < -0.39 is 6.09 Å². The zero-order chi connectivity index (χ0) is 13.0. The van der Waals surface area contributed by atoms with Gasteiger partial charge in [0.25, 0.3) is 0 Å². The minimum Gasteiger partial charge on any atom is -0.497 e. The highest BCUT2D eigenvalue weighted by Gasteiger charge is 2.27. The average Bonchev–Trinajstić information content (AvgIpc) is 2.85. The van der Waals surface area contributed by atoms with Crippen LogP contribution in [0.5, 0.6) is 5.75 Å². The van der Waals surface area contributed by atoms with Gasteiger partial charge in [0.05, 0.1) is 13.3 Å². The minimum atomic E-state index is -0.847. The van der Waals surface area contributed by atoms with E-state index in [2.05, 4.69) is 5.32 Å². The van der Waals surface area contributed by atoms with Gasteiger partial charge in [0.15, 0.2) is 0 Å². The number of ether oxygens (including phenoxy) is 1. The van der Waals surface area contributed by atoms with Gasteiger partial charge in [-0.1, -0.05) is 12.1 Å². The number of hydrogen-bond donors (Lipinski definition) is 2. The normalized spacial score (nSPS) is 18.9. The van der Waals surface area contributed by atoms with Crippen molar-refractivity contribution in [3.8, 4) is 5.75 Å². The van der Waals surface area contributed by atoms with Crippen LogP contribution in [0, 0.1) is 0 Å². The van der Waals surface area contributed by atoms with Crippen LogP contribution >= 0.6 is 0 Å². The fraction of sp³-hybridized carbons (Fsp3) is 0.462. The summed E-state index contributed by atoms with van der Waals surface area (Å²) in [5.74, 6) is 0.826. The molecule has 1 saturated heterocycles. The summed E-state index contributed by atoms with van der Waals surface area (Å²) < 4.78 is 5.09. The van der Waals surface area contributed by atoms with Gasteiger partial charge in [-0.2, -0.15) is 0 Å². The molecular weight excluding hydrogens is 232 g/mol. The first-order valence-electron chi connectivity index (χ1n) is 6.06. The summed E-state index contributed by atoms with van der Waals surface area (Å²) in [5, 5.41) is 12.3. The molecule has 2 rings (SSSR count). The molecular formula is C13H18N2O3. The lowest BCUT2D eigenvalue weighted by Gasteiger charge is -2.22. The van der Waals surface area contributed by atoms with Crippen molar-refractivity contribution in [1.82, 2.24) is 10.2 Å². The van der Waals surface area contributed by atoms with Crippen LogP contribution in [0.2, 0.25) is 0 Å². The van der Waals surface area contributed by atoms with Crippen molar-refractivity contribution >= 4 is 6.09 Å². The number of likely N-dealkylation sites (tertiary alicyclic amines) is 1. The predicted octanol–water partition coefficient (Wildman–Crippen LogP) is 1.88. The highest BCUT2D eigenvalue weighted by Crippen LogP contribution is 2.16. The average molecular weight is 250 g/mol. The van der Waals surface area contributed by atoms with E-state index in [1.807, 2.05) is 24.3 Å². The molecule has 0 aliphatic carbocycles. The van der Waals surface area contributed by atoms with Gasteiger partial charge < -0.3 is 9.84 Å². The molecule has 18 heavy (non-hydrogen) atoms. The quantitative estimate of drug-likeness (QED) is 0.856. The summed E-state index contributed by atoms with van der Waals surface area (Å²) in [6, 6.07) is 7.76. The molecule has 2 N–H and O–H groups in total. The van der Waals surface area contributed by atoms with Crippen LogP contribution in [0.25, 0.3) is 0 Å². The summed E-state index contributed by atoms with van der Waals surface area (Å²) in [7, 11) is 1.64. The van der Waals surface area contributed by atoms with E-state index in [4.69, 9.17) is 9.84 Å². The number of nitrogens with one attached hydrogen (secondary N) is 1. The fourth-order valence-electron chi connectivity index (χ4n) is 2.19. The molecule has 1 atom stereocenters. The second-order valence-corrected chi connectivity index (χ2v) is 4.36. The van der Waals surface area contributed by atoms with Crippen LogP contribution in [-0.4, -0.2) is 35.9 Å². The Morgan fingerprint density at radius 1 is 1.50 bits per heavy atom. The van der Waals surface area contributed by atoms with Gasteiger partial charge in [-0.15, -0.1) is 0 Å². The molecule has 98 valence electrons. The smallest absolute Gasteiger partial charge is 0.408 e. The van der Waals surface area contributed by atoms with Crippen molar-refractivity contribution in [3.63, 3.8) is 0 Å². The molecule has 1 aliphatic heterocycles. The first kappa shape index (κ1) is 12.7. The van der Waals surface area contributed by atoms with Crippen LogP contribution in [0.15, 0.2) is 24.3 Å². The summed E-state index contributed by atoms with van der Waals surface area (Å²) in [4.78, 5) is 12.4. The molecule has 1 fully saturated rings. The second kappa shape index (κ2) is 5.73. The van der Waals surface area contributed by atoms with E-state index in [-0.39, 0.29) is 6.17 Å². The SMILES string of the molecule is COc1ccc(CNC2CCCN2C(=O)O)cc1. The van der Waals surface area contributed by atoms with Crippen LogP contribution in [0.4, 0.5) is 4.79 Å². The third-order valence-electron chi connectivity index (χ3n) is 3.20. The summed E-state index contributed by atoms with van der Waals surface area (Å²) in [5.41, 5.74) is 1.12. The van der Waals surface area contributed by atoms with E-state index >= 15 is 0 Å². The number of rotatable bonds is 4. The predicted molar refractivity (Wildman–Crippen MR) is 67.6 cm³/mol. The molecule has 1 aliphatic rings. The number of benzene rings is 1. The zero-order valence-electron chi connectivity index (χ0n) is 10.4. The van der Waals surface area contributed by atoms with E-state index in [0.717, 1.165) is 24.2 Å². The summed E-state index contributed by atoms with van der Waals surface area (Å²) in [6.07, 6.45) is 0.888. The number of nitrogens with zero attached hydrogens (tertiary/aromatic N) is 1. The third kappa shape index (κ3) is 2.92. The molecule has 0 radical (unpaired) electrons. The first-order chi connectivity index (χ1) is 8.70. The Hall–Kier alpha value is -1.75. The van der Waals surface area contributed by atoms with Crippen molar-refractivity contribution < 1.29 is 14.6 Å². The van der Waals surface area contributed by atoms with Crippen LogP contribution in [0.3, 0.4) is 0 Å². The molecule has 0 saturated carbocycles. The fourth-order valence-corrected chi connectivity index (χ4v) is 2.19. The zero-order valence-corrected chi connectivity index (χ0v) is 10.4. The van der Waals surface area contributed by atoms with Gasteiger partial charge in [0, 0.05) is 13.1 Å². The van der Waals surface area contributed by atoms with Crippen LogP contribution < -0.4 is 10.1 Å². The topological polar surface area (TPSA) is 61.8 Å². The maximum Gasteiger partial charge on any atom is 0.408 e. The van der Waals surface area contributed by atoms with E-state index in [0.29, 0.717) is 13.1 Å². The van der Waals surface area contributed by atoms with E-state index in [9.17, 15) is 4.79 Å². The second-order valence-electron chi connectivity index (χ2n) is 4.36. The van der Waals surface area contributed by atoms with Crippen LogP contribution in [-0.2, 0) is 6.54 Å². The standard InChI is InChI=1S/C13H18N2O3/c1-18-11-6-4-10(5-7-11)9-14-12-3-2-8-15(12)13(16)17/h4-7,12,14H,2-3,8-9H2,1H3,(H,16,17). The van der Waals surface area contributed by atoms with Crippen LogP contribution in [0.1, 0.15) is 18.4 Å². The molecule has 1 heterocycles. The minimum absolute atomic E-state index is 0.0652. The highest BCUT2D eigenvalue weighted by atomic mass is 16.5. The van der Waals surface area contributed by atoms with Crippen molar-refractivity contribution in [2.45, 2.75) is 25.6 Å². The molecule has 0 aromatic heterocycles. The molecule has 1 amide bonds. The van der Waals surface area contributed by atoms with Gasteiger partial charge in [0.2, 0.25) is 0 Å².